The summed E-state index contributed by atoms with van der Waals surface area (Å²) in [5, 5.41) is 17.4. The van der Waals surface area contributed by atoms with Gasteiger partial charge in [-0.05, 0) is 41.3 Å². The lowest BCUT2D eigenvalue weighted by atomic mass is 9.85. The fraction of sp³-hybridized carbons (Fsp3) is 0.273. The predicted molar refractivity (Wildman–Crippen MR) is 109 cm³/mol. The van der Waals surface area contributed by atoms with Crippen molar-refractivity contribution in [2.75, 3.05) is 0 Å². The van der Waals surface area contributed by atoms with Gasteiger partial charge in [0.05, 0.1) is 11.8 Å². The summed E-state index contributed by atoms with van der Waals surface area (Å²) in [4.78, 5) is 5.79. The van der Waals surface area contributed by atoms with Crippen LogP contribution in [0.4, 0.5) is 0 Å². The molecule has 0 atom stereocenters. The van der Waals surface area contributed by atoms with Crippen LogP contribution in [-0.2, 0) is 0 Å². The van der Waals surface area contributed by atoms with E-state index in [1.807, 2.05) is 30.6 Å². The lowest BCUT2D eigenvalue weighted by Crippen LogP contribution is -2.07. The molecule has 0 saturated heterocycles. The molecule has 1 N–H and O–H groups in total. The number of thiophene rings is 1. The molecule has 4 aromatic rings. The molecule has 1 aliphatic carbocycles. The molecule has 1 fully saturated rings. The molecular weight excluding hydrogens is 354 g/mol. The molecule has 1 aromatic carbocycles. The van der Waals surface area contributed by atoms with Gasteiger partial charge < -0.3 is 5.11 Å². The number of aromatic hydroxyl groups is 1. The minimum Gasteiger partial charge on any atom is -0.493 e. The number of nitrogens with zero attached hydrogens (tertiary/aromatic N) is 3. The second kappa shape index (κ2) is 6.82. The smallest absolute Gasteiger partial charge is 0.219 e. The maximum absolute atomic E-state index is 10.8. The third kappa shape index (κ3) is 2.92. The number of fused-ring (bicyclic) bond motifs is 1. The number of benzene rings is 1. The van der Waals surface area contributed by atoms with Gasteiger partial charge in [-0.15, -0.1) is 11.3 Å². The predicted octanol–water partition coefficient (Wildman–Crippen LogP) is 5.88. The Labute approximate surface area is 162 Å². The number of aromatic nitrogens is 3. The average Bonchev–Trinajstić information content (AvgIpc) is 3.37. The molecule has 0 spiro atoms. The quantitative estimate of drug-likeness (QED) is 0.486. The molecule has 3 aromatic heterocycles. The van der Waals surface area contributed by atoms with Crippen LogP contribution in [0.2, 0.25) is 0 Å². The van der Waals surface area contributed by atoms with Gasteiger partial charge in [-0.1, -0.05) is 49.6 Å². The number of hydrogen-bond donors (Lipinski definition) is 1. The molecule has 1 aliphatic rings. The summed E-state index contributed by atoms with van der Waals surface area (Å²) in [7, 11) is 0. The zero-order valence-electron chi connectivity index (χ0n) is 15.0. The van der Waals surface area contributed by atoms with Crippen LogP contribution in [0.5, 0.6) is 5.88 Å². The highest BCUT2D eigenvalue weighted by Gasteiger charge is 2.22. The summed E-state index contributed by atoms with van der Waals surface area (Å²) >= 11 is 1.68. The fourth-order valence-electron chi connectivity index (χ4n) is 4.07. The van der Waals surface area contributed by atoms with Gasteiger partial charge in [0, 0.05) is 16.6 Å². The van der Waals surface area contributed by atoms with Crippen molar-refractivity contribution < 1.29 is 5.11 Å². The second-order valence-corrected chi connectivity index (χ2v) is 8.14. The Morgan fingerprint density at radius 1 is 1.00 bits per heavy atom. The third-order valence-corrected chi connectivity index (χ3v) is 6.51. The third-order valence-electron chi connectivity index (χ3n) is 5.55. The Kier molecular flexibility index (Phi) is 4.17. The fourth-order valence-corrected chi connectivity index (χ4v) is 4.99. The molecule has 5 heteroatoms. The van der Waals surface area contributed by atoms with E-state index in [1.54, 1.807) is 15.9 Å². The molecule has 0 aliphatic heterocycles. The van der Waals surface area contributed by atoms with Gasteiger partial charge in [-0.3, -0.25) is 0 Å². The molecule has 5 rings (SSSR count). The van der Waals surface area contributed by atoms with Gasteiger partial charge in [-0.2, -0.15) is 9.61 Å². The standard InChI is InChI=1S/C22H21N3OS/c26-22-18(16-9-5-2-6-10-16)12-23-21-19(13-24-25(21)22)20-11-17(14-27-20)15-7-3-1-4-8-15/h1,3-4,7-8,11-14,16,26H,2,5-6,9-10H2. The summed E-state index contributed by atoms with van der Waals surface area (Å²) in [5.74, 6) is 0.646. The van der Waals surface area contributed by atoms with Gasteiger partial charge in [0.1, 0.15) is 0 Å². The first kappa shape index (κ1) is 16.5. The van der Waals surface area contributed by atoms with Crippen molar-refractivity contribution in [3.8, 4) is 27.4 Å². The van der Waals surface area contributed by atoms with Crippen molar-refractivity contribution in [2.45, 2.75) is 38.0 Å². The lowest BCUT2D eigenvalue weighted by Gasteiger charge is -2.22. The maximum atomic E-state index is 10.8. The van der Waals surface area contributed by atoms with Crippen LogP contribution in [0.1, 0.15) is 43.6 Å². The van der Waals surface area contributed by atoms with Crippen molar-refractivity contribution >= 4 is 17.0 Å². The molecular formula is C22H21N3OS. The molecule has 27 heavy (non-hydrogen) atoms. The molecule has 0 amide bonds. The number of rotatable bonds is 3. The van der Waals surface area contributed by atoms with Crippen molar-refractivity contribution in [3.63, 3.8) is 0 Å². The Hall–Kier alpha value is -2.66. The van der Waals surface area contributed by atoms with Gasteiger partial charge in [-0.25, -0.2) is 4.98 Å². The topological polar surface area (TPSA) is 50.4 Å². The van der Waals surface area contributed by atoms with E-state index in [0.717, 1.165) is 28.8 Å². The highest BCUT2D eigenvalue weighted by Crippen LogP contribution is 2.39. The van der Waals surface area contributed by atoms with Crippen molar-refractivity contribution in [1.29, 1.82) is 0 Å². The summed E-state index contributed by atoms with van der Waals surface area (Å²) in [5.41, 5.74) is 5.01. The van der Waals surface area contributed by atoms with E-state index < -0.39 is 0 Å². The first-order chi connectivity index (χ1) is 13.3. The summed E-state index contributed by atoms with van der Waals surface area (Å²) in [6.45, 7) is 0. The molecule has 0 bridgehead atoms. The Morgan fingerprint density at radius 3 is 2.63 bits per heavy atom. The molecule has 4 nitrogen and oxygen atoms in total. The summed E-state index contributed by atoms with van der Waals surface area (Å²) in [6, 6.07) is 12.5. The molecule has 1 saturated carbocycles. The van der Waals surface area contributed by atoms with Crippen LogP contribution < -0.4 is 0 Å². The second-order valence-electron chi connectivity index (χ2n) is 7.23. The van der Waals surface area contributed by atoms with Crippen molar-refractivity contribution in [1.82, 2.24) is 14.6 Å². The van der Waals surface area contributed by atoms with Crippen molar-refractivity contribution in [2.24, 2.45) is 0 Å². The van der Waals surface area contributed by atoms with Gasteiger partial charge in [0.25, 0.3) is 0 Å². The average molecular weight is 375 g/mol. The normalized spacial score (nSPS) is 15.4. The molecule has 0 unspecified atom stereocenters. The van der Waals surface area contributed by atoms with Crippen LogP contribution in [0.25, 0.3) is 27.2 Å². The Morgan fingerprint density at radius 2 is 1.81 bits per heavy atom. The first-order valence-electron chi connectivity index (χ1n) is 9.51. The van der Waals surface area contributed by atoms with Gasteiger partial charge in [0.2, 0.25) is 5.88 Å². The van der Waals surface area contributed by atoms with Crippen LogP contribution >= 0.6 is 11.3 Å². The van der Waals surface area contributed by atoms with Gasteiger partial charge >= 0.3 is 0 Å². The minimum atomic E-state index is 0.248. The van der Waals surface area contributed by atoms with Crippen LogP contribution in [0.3, 0.4) is 0 Å². The van der Waals surface area contributed by atoms with E-state index in [4.69, 9.17) is 0 Å². The van der Waals surface area contributed by atoms with E-state index in [0.29, 0.717) is 11.6 Å². The zero-order valence-corrected chi connectivity index (χ0v) is 15.8. The minimum absolute atomic E-state index is 0.248. The highest BCUT2D eigenvalue weighted by molar-refractivity contribution is 7.14. The molecule has 3 heterocycles. The maximum Gasteiger partial charge on any atom is 0.219 e. The largest absolute Gasteiger partial charge is 0.493 e. The van der Waals surface area contributed by atoms with E-state index >= 15 is 0 Å². The summed E-state index contributed by atoms with van der Waals surface area (Å²) in [6.07, 6.45) is 9.67. The van der Waals surface area contributed by atoms with Crippen molar-refractivity contribution in [3.05, 3.63) is 59.7 Å². The van der Waals surface area contributed by atoms with Crippen LogP contribution in [-0.4, -0.2) is 19.7 Å². The van der Waals surface area contributed by atoms with E-state index in [-0.39, 0.29) is 5.88 Å². The summed E-state index contributed by atoms with van der Waals surface area (Å²) < 4.78 is 1.60. The Bertz CT molecular complexity index is 1080. The zero-order chi connectivity index (χ0) is 18.2. The Balaban J connectivity index is 1.53. The van der Waals surface area contributed by atoms with E-state index in [2.05, 4.69) is 33.7 Å². The number of hydrogen-bond acceptors (Lipinski definition) is 4. The SMILES string of the molecule is Oc1c(C2CCCCC2)cnc2c(-c3cc(-c4ccccc4)cs3)cnn12. The highest BCUT2D eigenvalue weighted by atomic mass is 32.1. The monoisotopic (exact) mass is 375 g/mol. The van der Waals surface area contributed by atoms with E-state index in [9.17, 15) is 5.11 Å². The van der Waals surface area contributed by atoms with Gasteiger partial charge in [0.15, 0.2) is 5.65 Å². The lowest BCUT2D eigenvalue weighted by molar-refractivity contribution is 0.392. The van der Waals surface area contributed by atoms with Crippen LogP contribution in [0.15, 0.2) is 54.2 Å². The first-order valence-corrected chi connectivity index (χ1v) is 10.4. The molecule has 136 valence electrons. The van der Waals surface area contributed by atoms with E-state index in [1.165, 1.54) is 30.4 Å². The molecule has 0 radical (unpaired) electrons. The van der Waals surface area contributed by atoms with Crippen LogP contribution in [0, 0.1) is 0 Å².